The molecule has 1 aromatic carbocycles. The topological polar surface area (TPSA) is 84.7 Å². The minimum Gasteiger partial charge on any atom is -0.379 e. The number of amides is 1. The minimum absolute atomic E-state index is 0.104. The molecule has 8 nitrogen and oxygen atoms in total. The molecule has 2 heterocycles. The molecule has 0 saturated carbocycles. The molecule has 0 unspecified atom stereocenters. The van der Waals surface area contributed by atoms with Crippen molar-refractivity contribution in [3.63, 3.8) is 0 Å². The van der Waals surface area contributed by atoms with Crippen LogP contribution in [0.5, 0.6) is 0 Å². The van der Waals surface area contributed by atoms with Gasteiger partial charge in [0, 0.05) is 32.7 Å². The van der Waals surface area contributed by atoms with E-state index in [1.54, 1.807) is 12.1 Å². The minimum atomic E-state index is -3.59. The number of aromatic nitrogens is 2. The molecule has 1 amide bonds. The lowest BCUT2D eigenvalue weighted by Gasteiger charge is -2.26. The number of carbonyl (C=O) groups excluding carboxylic acids is 1. The largest absolute Gasteiger partial charge is 0.379 e. The Kier molecular flexibility index (Phi) is 8.82. The Labute approximate surface area is 201 Å². The van der Waals surface area contributed by atoms with E-state index in [2.05, 4.69) is 27.7 Å². The fraction of sp³-hybridized carbons (Fsp3) is 0.652. The van der Waals surface area contributed by atoms with E-state index in [1.807, 2.05) is 22.5 Å². The lowest BCUT2D eigenvalue weighted by atomic mass is 10.1. The van der Waals surface area contributed by atoms with Crippen molar-refractivity contribution in [3.05, 3.63) is 18.2 Å². The van der Waals surface area contributed by atoms with Gasteiger partial charge in [0.2, 0.25) is 15.9 Å². The monoisotopic (exact) mass is 496 g/mol. The number of nitrogens with zero attached hydrogens (tertiary/aromatic N) is 4. The molecule has 0 radical (unpaired) electrons. The number of hydrogen-bond donors (Lipinski definition) is 0. The SMILES string of the molecule is CCn1c(SCC(=O)N(CC(C)C)CC(C)C)nc2cc(S(=O)(=O)N3CCOCC3)ccc21. The summed E-state index contributed by atoms with van der Waals surface area (Å²) in [5, 5.41) is 0.732. The summed E-state index contributed by atoms with van der Waals surface area (Å²) in [6.07, 6.45) is 0. The van der Waals surface area contributed by atoms with E-state index in [1.165, 1.54) is 16.1 Å². The second kappa shape index (κ2) is 11.2. The van der Waals surface area contributed by atoms with Gasteiger partial charge in [0.15, 0.2) is 5.16 Å². The van der Waals surface area contributed by atoms with Crippen molar-refractivity contribution in [3.8, 4) is 0 Å². The second-order valence-corrected chi connectivity index (χ2v) is 12.1. The Hall–Kier alpha value is -1.62. The van der Waals surface area contributed by atoms with Crippen LogP contribution < -0.4 is 0 Å². The molecular weight excluding hydrogens is 460 g/mol. The zero-order valence-corrected chi connectivity index (χ0v) is 21.9. The third kappa shape index (κ3) is 6.29. The fourth-order valence-electron chi connectivity index (χ4n) is 3.98. The molecular formula is C23H36N4O4S2. The highest BCUT2D eigenvalue weighted by Crippen LogP contribution is 2.28. The first-order chi connectivity index (χ1) is 15.6. The molecule has 184 valence electrons. The highest BCUT2D eigenvalue weighted by molar-refractivity contribution is 7.99. The van der Waals surface area contributed by atoms with Gasteiger partial charge >= 0.3 is 0 Å². The molecule has 33 heavy (non-hydrogen) atoms. The van der Waals surface area contributed by atoms with Gasteiger partial charge in [-0.05, 0) is 37.0 Å². The van der Waals surface area contributed by atoms with E-state index in [0.29, 0.717) is 56.0 Å². The van der Waals surface area contributed by atoms with Crippen LogP contribution in [0.1, 0.15) is 34.6 Å². The smallest absolute Gasteiger partial charge is 0.243 e. The maximum atomic E-state index is 13.0. The van der Waals surface area contributed by atoms with Crippen LogP contribution in [0.15, 0.2) is 28.3 Å². The Morgan fingerprint density at radius 3 is 2.36 bits per heavy atom. The third-order valence-electron chi connectivity index (χ3n) is 5.46. The number of fused-ring (bicyclic) bond motifs is 1. The van der Waals surface area contributed by atoms with Gasteiger partial charge in [-0.15, -0.1) is 0 Å². The lowest BCUT2D eigenvalue weighted by Crippen LogP contribution is -2.40. The van der Waals surface area contributed by atoms with E-state index < -0.39 is 10.0 Å². The zero-order chi connectivity index (χ0) is 24.2. The molecule has 1 saturated heterocycles. The third-order valence-corrected chi connectivity index (χ3v) is 8.31. The number of rotatable bonds is 10. The average molecular weight is 497 g/mol. The predicted octanol–water partition coefficient (Wildman–Crippen LogP) is 3.31. The number of sulfonamides is 1. The van der Waals surface area contributed by atoms with E-state index >= 15 is 0 Å². The average Bonchev–Trinajstić information content (AvgIpc) is 3.13. The summed E-state index contributed by atoms with van der Waals surface area (Å²) in [4.78, 5) is 19.8. The standard InChI is InChI=1S/C23H36N4O4S2/c1-6-27-21-8-7-19(33(29,30)26-9-11-31-12-10-26)13-20(21)24-23(27)32-16-22(28)25(14-17(2)3)15-18(4)5/h7-8,13,17-18H,6,9-12,14-16H2,1-5H3. The fourth-order valence-corrected chi connectivity index (χ4v) is 6.39. The zero-order valence-electron chi connectivity index (χ0n) is 20.3. The summed E-state index contributed by atoms with van der Waals surface area (Å²) in [5.74, 6) is 1.23. The number of aryl methyl sites for hydroxylation is 1. The summed E-state index contributed by atoms with van der Waals surface area (Å²) in [6.45, 7) is 14.2. The van der Waals surface area contributed by atoms with Crippen LogP contribution in [0, 0.1) is 11.8 Å². The molecule has 3 rings (SSSR count). The molecule has 2 aromatic rings. The number of ether oxygens (including phenoxy) is 1. The highest BCUT2D eigenvalue weighted by atomic mass is 32.2. The van der Waals surface area contributed by atoms with Crippen molar-refractivity contribution in [2.45, 2.75) is 51.2 Å². The first kappa shape index (κ1) is 26.0. The van der Waals surface area contributed by atoms with Gasteiger partial charge in [-0.25, -0.2) is 13.4 Å². The molecule has 0 atom stereocenters. The molecule has 1 fully saturated rings. The predicted molar refractivity (Wildman–Crippen MR) is 132 cm³/mol. The van der Waals surface area contributed by atoms with Crippen molar-refractivity contribution in [1.29, 1.82) is 0 Å². The Morgan fingerprint density at radius 2 is 1.79 bits per heavy atom. The summed E-state index contributed by atoms with van der Waals surface area (Å²) in [5.41, 5.74) is 1.50. The molecule has 0 bridgehead atoms. The van der Waals surface area contributed by atoms with E-state index in [4.69, 9.17) is 9.72 Å². The van der Waals surface area contributed by atoms with Gasteiger partial charge in [-0.2, -0.15) is 4.31 Å². The number of hydrogen-bond acceptors (Lipinski definition) is 6. The normalized spacial score (nSPS) is 15.6. The summed E-state index contributed by atoms with van der Waals surface area (Å²) in [7, 11) is -3.59. The molecule has 0 N–H and O–H groups in total. The molecule has 0 aliphatic carbocycles. The Balaban J connectivity index is 1.81. The maximum Gasteiger partial charge on any atom is 0.243 e. The molecule has 1 aliphatic rings. The van der Waals surface area contributed by atoms with E-state index in [-0.39, 0.29) is 10.8 Å². The highest BCUT2D eigenvalue weighted by Gasteiger charge is 2.27. The number of benzene rings is 1. The van der Waals surface area contributed by atoms with Crippen LogP contribution in [0.4, 0.5) is 0 Å². The van der Waals surface area contributed by atoms with Crippen molar-refractivity contribution in [1.82, 2.24) is 18.8 Å². The molecule has 10 heteroatoms. The number of morpholine rings is 1. The molecule has 0 spiro atoms. The van der Waals surface area contributed by atoms with Crippen LogP contribution in [-0.2, 0) is 26.1 Å². The number of imidazole rings is 1. The van der Waals surface area contributed by atoms with Gasteiger partial charge in [0.25, 0.3) is 0 Å². The van der Waals surface area contributed by atoms with E-state index in [9.17, 15) is 13.2 Å². The summed E-state index contributed by atoms with van der Waals surface area (Å²) in [6, 6.07) is 5.10. The summed E-state index contributed by atoms with van der Waals surface area (Å²) >= 11 is 1.41. The Bertz CT molecular complexity index is 1050. The number of carbonyl (C=O) groups is 1. The van der Waals surface area contributed by atoms with Crippen LogP contribution in [0.2, 0.25) is 0 Å². The number of thioether (sulfide) groups is 1. The van der Waals surface area contributed by atoms with Gasteiger partial charge in [0.05, 0.1) is 34.9 Å². The first-order valence-electron chi connectivity index (χ1n) is 11.6. The van der Waals surface area contributed by atoms with Crippen LogP contribution in [0.25, 0.3) is 11.0 Å². The van der Waals surface area contributed by atoms with Crippen molar-refractivity contribution < 1.29 is 17.9 Å². The van der Waals surface area contributed by atoms with Gasteiger partial charge in [-0.3, -0.25) is 4.79 Å². The second-order valence-electron chi connectivity index (χ2n) is 9.18. The van der Waals surface area contributed by atoms with Crippen molar-refractivity contribution in [2.24, 2.45) is 11.8 Å². The maximum absolute atomic E-state index is 13.0. The molecule has 1 aromatic heterocycles. The quantitative estimate of drug-likeness (QED) is 0.469. The van der Waals surface area contributed by atoms with Crippen LogP contribution in [0.3, 0.4) is 0 Å². The summed E-state index contributed by atoms with van der Waals surface area (Å²) < 4.78 is 34.9. The van der Waals surface area contributed by atoms with Crippen LogP contribution in [-0.4, -0.2) is 78.2 Å². The van der Waals surface area contributed by atoms with Gasteiger partial charge in [-0.1, -0.05) is 39.5 Å². The Morgan fingerprint density at radius 1 is 1.15 bits per heavy atom. The lowest BCUT2D eigenvalue weighted by molar-refractivity contribution is -0.129. The van der Waals surface area contributed by atoms with E-state index in [0.717, 1.165) is 23.8 Å². The van der Waals surface area contributed by atoms with Crippen molar-refractivity contribution >= 4 is 38.7 Å². The van der Waals surface area contributed by atoms with Gasteiger partial charge < -0.3 is 14.2 Å². The first-order valence-corrected chi connectivity index (χ1v) is 14.0. The molecule has 1 aliphatic heterocycles. The van der Waals surface area contributed by atoms with Crippen LogP contribution >= 0.6 is 11.8 Å². The van der Waals surface area contributed by atoms with Gasteiger partial charge in [0.1, 0.15) is 0 Å². The van der Waals surface area contributed by atoms with Crippen molar-refractivity contribution in [2.75, 3.05) is 45.1 Å².